The zero-order chi connectivity index (χ0) is 11.6. The standard InChI is InChI=1S/C12H13NO3/c14-7-11(16)9-3-1-2-4-10(9)12(5-6-12)13-8-15/h1-4,11,14,16H,5-7H2. The molecule has 1 atom stereocenters. The number of aliphatic hydroxyl groups excluding tert-OH is 2. The fourth-order valence-electron chi connectivity index (χ4n) is 1.96. The van der Waals surface area contributed by atoms with Crippen LogP contribution in [-0.4, -0.2) is 22.9 Å². The van der Waals surface area contributed by atoms with Crippen LogP contribution in [-0.2, 0) is 10.3 Å². The molecule has 0 amide bonds. The Morgan fingerprint density at radius 2 is 2.12 bits per heavy atom. The molecule has 0 aromatic heterocycles. The van der Waals surface area contributed by atoms with Crippen LogP contribution in [0.2, 0.25) is 0 Å². The summed E-state index contributed by atoms with van der Waals surface area (Å²) in [5.41, 5.74) is 0.954. The molecule has 1 aliphatic carbocycles. The summed E-state index contributed by atoms with van der Waals surface area (Å²) < 4.78 is 0. The molecule has 2 N–H and O–H groups in total. The number of hydrogen-bond acceptors (Lipinski definition) is 4. The molecule has 16 heavy (non-hydrogen) atoms. The SMILES string of the molecule is O=C=NC1(c2ccccc2C(O)CO)CC1. The van der Waals surface area contributed by atoms with Crippen molar-refractivity contribution in [3.8, 4) is 0 Å². The molecule has 4 nitrogen and oxygen atoms in total. The average molecular weight is 219 g/mol. The number of aliphatic hydroxyl groups is 2. The Morgan fingerprint density at radius 3 is 2.69 bits per heavy atom. The molecule has 1 saturated carbocycles. The predicted molar refractivity (Wildman–Crippen MR) is 57.5 cm³/mol. The summed E-state index contributed by atoms with van der Waals surface area (Å²) in [5.74, 6) is 0. The summed E-state index contributed by atoms with van der Waals surface area (Å²) in [7, 11) is 0. The maximum Gasteiger partial charge on any atom is 0.235 e. The van der Waals surface area contributed by atoms with Crippen LogP contribution < -0.4 is 0 Å². The summed E-state index contributed by atoms with van der Waals surface area (Å²) in [6, 6.07) is 7.21. The minimum atomic E-state index is -0.921. The van der Waals surface area contributed by atoms with Gasteiger partial charge in [0.25, 0.3) is 0 Å². The smallest absolute Gasteiger partial charge is 0.235 e. The van der Waals surface area contributed by atoms with Crippen LogP contribution in [0, 0.1) is 0 Å². The lowest BCUT2D eigenvalue weighted by Gasteiger charge is -2.17. The number of isocyanates is 1. The third-order valence-electron chi connectivity index (χ3n) is 2.98. The maximum absolute atomic E-state index is 10.4. The van der Waals surface area contributed by atoms with Crippen LogP contribution in [0.3, 0.4) is 0 Å². The van der Waals surface area contributed by atoms with E-state index in [-0.39, 0.29) is 6.61 Å². The topological polar surface area (TPSA) is 69.9 Å². The first-order valence-electron chi connectivity index (χ1n) is 5.21. The molecule has 1 unspecified atom stereocenters. The summed E-state index contributed by atoms with van der Waals surface area (Å²) in [6.07, 6.45) is 2.24. The summed E-state index contributed by atoms with van der Waals surface area (Å²) in [6.45, 7) is -0.335. The molecule has 0 heterocycles. The highest BCUT2D eigenvalue weighted by Gasteiger charge is 2.46. The van der Waals surface area contributed by atoms with Crippen molar-refractivity contribution in [1.29, 1.82) is 0 Å². The second kappa shape index (κ2) is 4.18. The van der Waals surface area contributed by atoms with Gasteiger partial charge < -0.3 is 10.2 Å². The molecule has 0 aliphatic heterocycles. The molecule has 0 spiro atoms. The predicted octanol–water partition coefficient (Wildman–Crippen LogP) is 1.04. The summed E-state index contributed by atoms with van der Waals surface area (Å²) >= 11 is 0. The second-order valence-electron chi connectivity index (χ2n) is 4.02. The fourth-order valence-corrected chi connectivity index (χ4v) is 1.96. The number of aliphatic imine (C=N–C) groups is 1. The van der Waals surface area contributed by atoms with Gasteiger partial charge in [-0.2, -0.15) is 4.99 Å². The first-order chi connectivity index (χ1) is 7.73. The third-order valence-corrected chi connectivity index (χ3v) is 2.98. The van der Waals surface area contributed by atoms with E-state index in [1.165, 1.54) is 0 Å². The zero-order valence-electron chi connectivity index (χ0n) is 8.76. The molecule has 0 bridgehead atoms. The van der Waals surface area contributed by atoms with Crippen molar-refractivity contribution >= 4 is 6.08 Å². The van der Waals surface area contributed by atoms with E-state index < -0.39 is 11.6 Å². The third kappa shape index (κ3) is 1.78. The van der Waals surface area contributed by atoms with Gasteiger partial charge >= 0.3 is 0 Å². The molecule has 1 aromatic carbocycles. The molecule has 84 valence electrons. The van der Waals surface area contributed by atoms with E-state index in [9.17, 15) is 9.90 Å². The van der Waals surface area contributed by atoms with Crippen molar-refractivity contribution in [2.45, 2.75) is 24.5 Å². The molecule has 0 saturated heterocycles. The van der Waals surface area contributed by atoms with E-state index in [4.69, 9.17) is 5.11 Å². The van der Waals surface area contributed by atoms with Gasteiger partial charge in [-0.25, -0.2) is 4.79 Å². The molecule has 0 radical (unpaired) electrons. The average Bonchev–Trinajstić information content (AvgIpc) is 3.09. The maximum atomic E-state index is 10.4. The van der Waals surface area contributed by atoms with Crippen LogP contribution in [0.15, 0.2) is 29.3 Å². The van der Waals surface area contributed by atoms with Crippen molar-refractivity contribution < 1.29 is 15.0 Å². The Kier molecular flexibility index (Phi) is 2.88. The Bertz CT molecular complexity index is 434. The molecule has 1 aliphatic rings. The molecule has 1 fully saturated rings. The molecular formula is C12H13NO3. The van der Waals surface area contributed by atoms with Gasteiger partial charge in [-0.3, -0.25) is 0 Å². The molecule has 4 heteroatoms. The van der Waals surface area contributed by atoms with Crippen LogP contribution in [0.5, 0.6) is 0 Å². The minimum absolute atomic E-state index is 0.335. The largest absolute Gasteiger partial charge is 0.393 e. The van der Waals surface area contributed by atoms with Gasteiger partial charge in [0.15, 0.2) is 0 Å². The zero-order valence-corrected chi connectivity index (χ0v) is 8.76. The van der Waals surface area contributed by atoms with E-state index in [1.54, 1.807) is 18.2 Å². The lowest BCUT2D eigenvalue weighted by Crippen LogP contribution is -2.12. The van der Waals surface area contributed by atoms with Crippen LogP contribution in [0.25, 0.3) is 0 Å². The first kappa shape index (κ1) is 11.0. The number of hydrogen-bond donors (Lipinski definition) is 2. The minimum Gasteiger partial charge on any atom is -0.393 e. The van der Waals surface area contributed by atoms with E-state index >= 15 is 0 Å². The van der Waals surface area contributed by atoms with Crippen LogP contribution in [0.4, 0.5) is 0 Å². The number of nitrogens with zero attached hydrogens (tertiary/aromatic N) is 1. The van der Waals surface area contributed by atoms with Gasteiger partial charge in [-0.15, -0.1) is 0 Å². The monoisotopic (exact) mass is 219 g/mol. The highest BCUT2D eigenvalue weighted by molar-refractivity contribution is 5.45. The van der Waals surface area contributed by atoms with Gasteiger partial charge in [0.05, 0.1) is 12.1 Å². The van der Waals surface area contributed by atoms with Crippen LogP contribution >= 0.6 is 0 Å². The Labute approximate surface area is 93.3 Å². The van der Waals surface area contributed by atoms with Gasteiger partial charge in [0.1, 0.15) is 6.10 Å². The summed E-state index contributed by atoms with van der Waals surface area (Å²) in [5, 5.41) is 18.6. The number of benzene rings is 1. The van der Waals surface area contributed by atoms with E-state index in [0.717, 1.165) is 18.4 Å². The Balaban J connectivity index is 2.44. The van der Waals surface area contributed by atoms with Gasteiger partial charge in [0, 0.05) is 0 Å². The van der Waals surface area contributed by atoms with Crippen molar-refractivity contribution in [2.75, 3.05) is 6.61 Å². The van der Waals surface area contributed by atoms with Crippen molar-refractivity contribution in [1.82, 2.24) is 0 Å². The normalized spacial score (nSPS) is 18.6. The van der Waals surface area contributed by atoms with E-state index in [0.29, 0.717) is 5.56 Å². The number of carbonyl (C=O) groups excluding carboxylic acids is 1. The lowest BCUT2D eigenvalue weighted by molar-refractivity contribution is 0.0945. The van der Waals surface area contributed by atoms with Gasteiger partial charge in [-0.1, -0.05) is 24.3 Å². The second-order valence-corrected chi connectivity index (χ2v) is 4.02. The highest BCUT2D eigenvalue weighted by Crippen LogP contribution is 2.51. The van der Waals surface area contributed by atoms with E-state index in [2.05, 4.69) is 4.99 Å². The van der Waals surface area contributed by atoms with Crippen molar-refractivity contribution in [2.24, 2.45) is 4.99 Å². The van der Waals surface area contributed by atoms with Gasteiger partial charge in [-0.05, 0) is 24.0 Å². The quantitative estimate of drug-likeness (QED) is 0.587. The van der Waals surface area contributed by atoms with Crippen LogP contribution in [0.1, 0.15) is 30.1 Å². The van der Waals surface area contributed by atoms with E-state index in [1.807, 2.05) is 12.1 Å². The summed E-state index contributed by atoms with van der Waals surface area (Å²) in [4.78, 5) is 14.2. The first-order valence-corrected chi connectivity index (χ1v) is 5.21. The molecule has 1 aromatic rings. The van der Waals surface area contributed by atoms with Crippen molar-refractivity contribution in [3.63, 3.8) is 0 Å². The Morgan fingerprint density at radius 1 is 1.44 bits per heavy atom. The lowest BCUT2D eigenvalue weighted by atomic mass is 9.95. The molecular weight excluding hydrogens is 206 g/mol. The fraction of sp³-hybridized carbons (Fsp3) is 0.417. The highest BCUT2D eigenvalue weighted by atomic mass is 16.3. The van der Waals surface area contributed by atoms with Crippen molar-refractivity contribution in [3.05, 3.63) is 35.4 Å². The Hall–Kier alpha value is -1.48. The number of rotatable bonds is 4. The molecule has 2 rings (SSSR count). The van der Waals surface area contributed by atoms with Gasteiger partial charge in [0.2, 0.25) is 6.08 Å².